The zero-order chi connectivity index (χ0) is 7.56. The number of morpholine rings is 1. The molecule has 4 nitrogen and oxygen atoms in total. The van der Waals surface area contributed by atoms with Gasteiger partial charge in [0.2, 0.25) is 0 Å². The molecule has 1 rings (SSSR count). The van der Waals surface area contributed by atoms with Crippen molar-refractivity contribution in [1.82, 2.24) is 5.32 Å². The number of aliphatic hydroxyl groups is 2. The molecule has 5 heteroatoms. The molecule has 1 aliphatic heterocycles. The first kappa shape index (κ1) is 8.01. The fraction of sp³-hybridized carbons (Fsp3) is 1.00. The number of aliphatic hydroxyl groups excluding tert-OH is 2. The molecule has 0 radical (unpaired) electrons. The van der Waals surface area contributed by atoms with Crippen LogP contribution < -0.4 is 5.32 Å². The molecule has 1 heterocycles. The number of ether oxygens (including phenoxy) is 1. The lowest BCUT2D eigenvalue weighted by Gasteiger charge is -2.31. The quantitative estimate of drug-likeness (QED) is 0.350. The zero-order valence-corrected chi connectivity index (χ0v) is 5.95. The summed E-state index contributed by atoms with van der Waals surface area (Å²) in [6.07, 6.45) is -0.763. The zero-order valence-electron chi connectivity index (χ0n) is 5.95. The first-order chi connectivity index (χ1) is 4.74. The van der Waals surface area contributed by atoms with Gasteiger partial charge in [0, 0.05) is 6.54 Å². The molecule has 0 spiro atoms. The molecule has 10 heavy (non-hydrogen) atoms. The lowest BCUT2D eigenvalue weighted by Crippen LogP contribution is -2.53. The topological polar surface area (TPSA) is 61.7 Å². The van der Waals surface area contributed by atoms with Crippen molar-refractivity contribution in [1.29, 1.82) is 0 Å². The molecule has 0 saturated carbocycles. The molecule has 0 aromatic carbocycles. The van der Waals surface area contributed by atoms with Crippen LogP contribution in [0.5, 0.6) is 0 Å². The van der Waals surface area contributed by atoms with E-state index in [-0.39, 0.29) is 18.7 Å². The normalized spacial score (nSPS) is 41.6. The van der Waals surface area contributed by atoms with E-state index in [0.29, 0.717) is 6.54 Å². The summed E-state index contributed by atoms with van der Waals surface area (Å²) in [7, 11) is 1.76. The highest BCUT2D eigenvalue weighted by atomic mass is 16.5. The van der Waals surface area contributed by atoms with Gasteiger partial charge in [-0.05, 0) is 0 Å². The van der Waals surface area contributed by atoms with Crippen LogP contribution in [0.3, 0.4) is 0 Å². The number of rotatable bonds is 1. The molecule has 0 aromatic rings. The number of hydrogen-bond donors (Lipinski definition) is 3. The second-order valence-electron chi connectivity index (χ2n) is 2.50. The van der Waals surface area contributed by atoms with Crippen LogP contribution in [0.1, 0.15) is 0 Å². The minimum atomic E-state index is -0.595. The van der Waals surface area contributed by atoms with E-state index in [1.165, 1.54) is 0 Å². The van der Waals surface area contributed by atoms with Crippen LogP contribution in [-0.4, -0.2) is 49.5 Å². The molecule has 1 unspecified atom stereocenters. The highest BCUT2D eigenvalue weighted by Gasteiger charge is 2.24. The third kappa shape index (κ3) is 1.70. The SMILES string of the molecule is B[C@@H]1O[C@H](CO)CNC1O. The third-order valence-corrected chi connectivity index (χ3v) is 1.61. The van der Waals surface area contributed by atoms with Gasteiger partial charge < -0.3 is 14.9 Å². The van der Waals surface area contributed by atoms with Crippen LogP contribution in [0.25, 0.3) is 0 Å². The average molecular weight is 145 g/mol. The number of nitrogens with one attached hydrogen (secondary N) is 1. The van der Waals surface area contributed by atoms with E-state index in [4.69, 9.17) is 14.9 Å². The summed E-state index contributed by atoms with van der Waals surface area (Å²) in [5.74, 6) is 0. The predicted molar refractivity (Wildman–Crippen MR) is 38.3 cm³/mol. The average Bonchev–Trinajstić information content (AvgIpc) is 1.95. The van der Waals surface area contributed by atoms with Gasteiger partial charge in [-0.25, -0.2) is 0 Å². The maximum absolute atomic E-state index is 9.07. The Morgan fingerprint density at radius 1 is 1.70 bits per heavy atom. The largest absolute Gasteiger partial charge is 0.394 e. The highest BCUT2D eigenvalue weighted by Crippen LogP contribution is 2.03. The van der Waals surface area contributed by atoms with E-state index in [9.17, 15) is 0 Å². The Hall–Kier alpha value is -0.0951. The first-order valence-corrected chi connectivity index (χ1v) is 3.42. The Bertz CT molecular complexity index is 113. The molecule has 0 aliphatic carbocycles. The van der Waals surface area contributed by atoms with E-state index in [1.54, 1.807) is 7.85 Å². The van der Waals surface area contributed by atoms with Crippen LogP contribution >= 0.6 is 0 Å². The lowest BCUT2D eigenvalue weighted by molar-refractivity contribution is -0.0993. The summed E-state index contributed by atoms with van der Waals surface area (Å²) >= 11 is 0. The van der Waals surface area contributed by atoms with Crippen LogP contribution in [0.4, 0.5) is 0 Å². The van der Waals surface area contributed by atoms with Gasteiger partial charge in [0.05, 0.1) is 18.7 Å². The van der Waals surface area contributed by atoms with Crippen molar-refractivity contribution in [2.45, 2.75) is 18.3 Å². The molecule has 3 atom stereocenters. The fourth-order valence-electron chi connectivity index (χ4n) is 0.952. The van der Waals surface area contributed by atoms with Crippen molar-refractivity contribution in [3.8, 4) is 0 Å². The third-order valence-electron chi connectivity index (χ3n) is 1.61. The smallest absolute Gasteiger partial charge is 0.144 e. The van der Waals surface area contributed by atoms with Gasteiger partial charge >= 0.3 is 0 Å². The van der Waals surface area contributed by atoms with Crippen molar-refractivity contribution in [2.24, 2.45) is 0 Å². The maximum atomic E-state index is 9.07. The minimum Gasteiger partial charge on any atom is -0.394 e. The van der Waals surface area contributed by atoms with Gasteiger partial charge in [0.25, 0.3) is 0 Å². The van der Waals surface area contributed by atoms with E-state index in [1.807, 2.05) is 0 Å². The summed E-state index contributed by atoms with van der Waals surface area (Å²) in [6.45, 7) is 0.520. The van der Waals surface area contributed by atoms with Crippen molar-refractivity contribution in [2.75, 3.05) is 13.2 Å². The molecule has 0 bridgehead atoms. The molecular weight excluding hydrogens is 133 g/mol. The summed E-state index contributed by atoms with van der Waals surface area (Å²) < 4.78 is 5.19. The molecular formula is C5H12BNO3. The Morgan fingerprint density at radius 3 is 2.90 bits per heavy atom. The fourth-order valence-corrected chi connectivity index (χ4v) is 0.952. The molecule has 0 aromatic heterocycles. The van der Waals surface area contributed by atoms with E-state index in [2.05, 4.69) is 5.32 Å². The monoisotopic (exact) mass is 145 g/mol. The van der Waals surface area contributed by atoms with Crippen LogP contribution in [0, 0.1) is 0 Å². The van der Waals surface area contributed by atoms with Gasteiger partial charge in [-0.3, -0.25) is 5.32 Å². The van der Waals surface area contributed by atoms with E-state index >= 15 is 0 Å². The summed E-state index contributed by atoms with van der Waals surface area (Å²) in [5.41, 5.74) is 0. The van der Waals surface area contributed by atoms with Gasteiger partial charge in [-0.2, -0.15) is 0 Å². The van der Waals surface area contributed by atoms with Crippen molar-refractivity contribution < 1.29 is 14.9 Å². The summed E-state index contributed by atoms with van der Waals surface area (Å²) in [5, 5.41) is 20.5. The lowest BCUT2D eigenvalue weighted by atomic mass is 9.96. The van der Waals surface area contributed by atoms with Gasteiger partial charge in [-0.15, -0.1) is 0 Å². The standard InChI is InChI=1S/C5H12BNO3/c6-4-5(9)7-1-3(2-8)10-4/h3-5,7-9H,1-2,6H2/t3-,4+,5?/m0/s1. The Morgan fingerprint density at radius 2 is 2.40 bits per heavy atom. The van der Waals surface area contributed by atoms with Crippen molar-refractivity contribution in [3.63, 3.8) is 0 Å². The Kier molecular flexibility index (Phi) is 2.68. The molecule has 3 N–H and O–H groups in total. The molecule has 58 valence electrons. The minimum absolute atomic E-state index is 0.00403. The van der Waals surface area contributed by atoms with Crippen molar-refractivity contribution in [3.05, 3.63) is 0 Å². The Labute approximate surface area is 60.6 Å². The van der Waals surface area contributed by atoms with E-state index in [0.717, 1.165) is 0 Å². The molecule has 1 saturated heterocycles. The van der Waals surface area contributed by atoms with E-state index < -0.39 is 6.23 Å². The van der Waals surface area contributed by atoms with Crippen LogP contribution in [0.15, 0.2) is 0 Å². The first-order valence-electron chi connectivity index (χ1n) is 3.42. The van der Waals surface area contributed by atoms with Crippen LogP contribution in [0.2, 0.25) is 0 Å². The van der Waals surface area contributed by atoms with Gasteiger partial charge in [0.1, 0.15) is 14.1 Å². The van der Waals surface area contributed by atoms with Crippen LogP contribution in [-0.2, 0) is 4.74 Å². The second-order valence-corrected chi connectivity index (χ2v) is 2.50. The summed E-state index contributed by atoms with van der Waals surface area (Å²) in [6, 6.07) is -0.231. The maximum Gasteiger partial charge on any atom is 0.144 e. The molecule has 1 aliphatic rings. The highest BCUT2D eigenvalue weighted by molar-refractivity contribution is 6.11. The predicted octanol–water partition coefficient (Wildman–Crippen LogP) is -2.76. The van der Waals surface area contributed by atoms with Gasteiger partial charge in [-0.1, -0.05) is 0 Å². The van der Waals surface area contributed by atoms with Gasteiger partial charge in [0.15, 0.2) is 0 Å². The number of hydrogen-bond acceptors (Lipinski definition) is 4. The molecule has 1 fully saturated rings. The Balaban J connectivity index is 2.33. The van der Waals surface area contributed by atoms with Crippen molar-refractivity contribution >= 4 is 7.85 Å². The summed E-state index contributed by atoms with van der Waals surface area (Å²) in [4.78, 5) is 0. The molecule has 0 amide bonds. The second kappa shape index (κ2) is 3.34.